The Morgan fingerprint density at radius 1 is 1.19 bits per heavy atom. The fourth-order valence-electron chi connectivity index (χ4n) is 3.00. The Labute approximate surface area is 174 Å². The lowest BCUT2D eigenvalue weighted by molar-refractivity contribution is -0.115. The largest absolute Gasteiger partial charge is 0.360 e. The number of carbonyl (C=O) groups excluding carboxylic acids is 2. The number of aromatic nitrogens is 5. The van der Waals surface area contributed by atoms with Crippen LogP contribution in [0.25, 0.3) is 16.6 Å². The van der Waals surface area contributed by atoms with Gasteiger partial charge in [0.15, 0.2) is 5.82 Å². The highest BCUT2D eigenvalue weighted by molar-refractivity contribution is 6.00. The summed E-state index contributed by atoms with van der Waals surface area (Å²) in [6.07, 6.45) is 1.30. The second-order valence-corrected chi connectivity index (χ2v) is 6.61. The summed E-state index contributed by atoms with van der Waals surface area (Å²) >= 11 is 0. The molecule has 0 radical (unpaired) electrons. The van der Waals surface area contributed by atoms with Crippen LogP contribution in [0.3, 0.4) is 0 Å². The van der Waals surface area contributed by atoms with E-state index in [1.165, 1.54) is 29.1 Å². The molecule has 0 aliphatic rings. The standard InChI is InChI=1S/C20H16FN7O3/c1-11-25-26-27-28(11)17-8-12(6-7-15(17)21)24-18(29)10-23-20(31)14-9-22-16-5-3-2-4-13(16)19(14)30/h2-9H,10H2,1H3,(H,22,30)(H,23,31)(H,24,29). The predicted octanol–water partition coefficient (Wildman–Crippen LogP) is 1.32. The number of para-hydroxylation sites is 1. The summed E-state index contributed by atoms with van der Waals surface area (Å²) in [5, 5.41) is 16.2. The minimum atomic E-state index is -0.689. The Morgan fingerprint density at radius 3 is 2.77 bits per heavy atom. The number of H-pyrrole nitrogens is 1. The van der Waals surface area contributed by atoms with Gasteiger partial charge in [0.25, 0.3) is 5.91 Å². The first kappa shape index (κ1) is 19.9. The number of nitrogens with one attached hydrogen (secondary N) is 3. The number of hydrogen-bond donors (Lipinski definition) is 3. The Balaban J connectivity index is 1.44. The molecule has 2 heterocycles. The number of tetrazole rings is 1. The summed E-state index contributed by atoms with van der Waals surface area (Å²) in [4.78, 5) is 40.0. The van der Waals surface area contributed by atoms with Crippen molar-refractivity contribution in [2.75, 3.05) is 11.9 Å². The number of amides is 2. The number of nitrogens with zero attached hydrogens (tertiary/aromatic N) is 4. The van der Waals surface area contributed by atoms with Gasteiger partial charge in [0.1, 0.15) is 17.1 Å². The molecule has 4 aromatic rings. The molecule has 4 rings (SSSR count). The summed E-state index contributed by atoms with van der Waals surface area (Å²) in [6.45, 7) is 1.22. The number of anilines is 1. The van der Waals surface area contributed by atoms with Crippen molar-refractivity contribution in [2.45, 2.75) is 6.92 Å². The molecule has 0 spiro atoms. The van der Waals surface area contributed by atoms with Gasteiger partial charge >= 0.3 is 0 Å². The van der Waals surface area contributed by atoms with Gasteiger partial charge in [-0.1, -0.05) is 12.1 Å². The number of rotatable bonds is 5. The maximum Gasteiger partial charge on any atom is 0.257 e. The number of carbonyl (C=O) groups is 2. The van der Waals surface area contributed by atoms with E-state index < -0.39 is 23.1 Å². The summed E-state index contributed by atoms with van der Waals surface area (Å²) in [5.41, 5.74) is 0.407. The minimum Gasteiger partial charge on any atom is -0.360 e. The van der Waals surface area contributed by atoms with E-state index in [9.17, 15) is 18.8 Å². The molecule has 10 nitrogen and oxygen atoms in total. The fraction of sp³-hybridized carbons (Fsp3) is 0.100. The van der Waals surface area contributed by atoms with Crippen molar-refractivity contribution in [1.29, 1.82) is 0 Å². The number of aromatic amines is 1. The predicted molar refractivity (Wildman–Crippen MR) is 109 cm³/mol. The number of aryl methyl sites for hydroxylation is 1. The number of benzene rings is 2. The van der Waals surface area contributed by atoms with Crippen molar-refractivity contribution in [1.82, 2.24) is 30.5 Å². The van der Waals surface area contributed by atoms with Crippen LogP contribution in [0.4, 0.5) is 10.1 Å². The van der Waals surface area contributed by atoms with Crippen LogP contribution in [0.1, 0.15) is 16.2 Å². The monoisotopic (exact) mass is 421 g/mol. The van der Waals surface area contributed by atoms with Crippen LogP contribution in [-0.2, 0) is 4.79 Å². The zero-order chi connectivity index (χ0) is 22.0. The topological polar surface area (TPSA) is 135 Å². The van der Waals surface area contributed by atoms with Crippen LogP contribution in [0.5, 0.6) is 0 Å². The first-order chi connectivity index (χ1) is 14.9. The van der Waals surface area contributed by atoms with Crippen LogP contribution in [-0.4, -0.2) is 43.6 Å². The summed E-state index contributed by atoms with van der Waals surface area (Å²) < 4.78 is 15.3. The van der Waals surface area contributed by atoms with Gasteiger partial charge in [-0.3, -0.25) is 14.4 Å². The van der Waals surface area contributed by atoms with Crippen LogP contribution < -0.4 is 16.1 Å². The highest BCUT2D eigenvalue weighted by atomic mass is 19.1. The van der Waals surface area contributed by atoms with Gasteiger partial charge in [-0.2, -0.15) is 4.68 Å². The van der Waals surface area contributed by atoms with Gasteiger partial charge in [0.2, 0.25) is 11.3 Å². The molecule has 156 valence electrons. The van der Waals surface area contributed by atoms with Gasteiger partial charge in [-0.05, 0) is 47.7 Å². The van der Waals surface area contributed by atoms with Crippen molar-refractivity contribution in [3.8, 4) is 5.69 Å². The lowest BCUT2D eigenvalue weighted by atomic mass is 10.1. The number of fused-ring (bicyclic) bond motifs is 1. The Hall–Kier alpha value is -4.41. The number of pyridine rings is 1. The zero-order valence-corrected chi connectivity index (χ0v) is 16.2. The second kappa shape index (κ2) is 8.14. The maximum absolute atomic E-state index is 14.1. The molecule has 31 heavy (non-hydrogen) atoms. The van der Waals surface area contributed by atoms with E-state index in [-0.39, 0.29) is 23.5 Å². The molecule has 3 N–H and O–H groups in total. The summed E-state index contributed by atoms with van der Waals surface area (Å²) in [6, 6.07) is 10.7. The molecular weight excluding hydrogens is 405 g/mol. The SMILES string of the molecule is Cc1nnnn1-c1cc(NC(=O)CNC(=O)c2c[nH]c3ccccc3c2=O)ccc1F. The minimum absolute atomic E-state index is 0.0621. The highest BCUT2D eigenvalue weighted by Crippen LogP contribution is 2.18. The molecule has 11 heteroatoms. The van der Waals surface area contributed by atoms with Crippen LogP contribution in [0.2, 0.25) is 0 Å². The van der Waals surface area contributed by atoms with Crippen LogP contribution in [0.15, 0.2) is 53.5 Å². The van der Waals surface area contributed by atoms with E-state index in [0.717, 1.165) is 0 Å². The molecule has 0 atom stereocenters. The molecule has 0 saturated carbocycles. The molecule has 0 aliphatic heterocycles. The lowest BCUT2D eigenvalue weighted by Crippen LogP contribution is -2.35. The van der Waals surface area contributed by atoms with Crippen molar-refractivity contribution in [3.63, 3.8) is 0 Å². The van der Waals surface area contributed by atoms with Gasteiger partial charge in [-0.25, -0.2) is 4.39 Å². The highest BCUT2D eigenvalue weighted by Gasteiger charge is 2.15. The van der Waals surface area contributed by atoms with E-state index in [0.29, 0.717) is 16.7 Å². The van der Waals surface area contributed by atoms with E-state index in [2.05, 4.69) is 31.1 Å². The number of halogens is 1. The third-order valence-electron chi connectivity index (χ3n) is 4.53. The molecule has 2 aromatic heterocycles. The van der Waals surface area contributed by atoms with E-state index in [1.807, 2.05) is 0 Å². The summed E-state index contributed by atoms with van der Waals surface area (Å²) in [7, 11) is 0. The van der Waals surface area contributed by atoms with Crippen molar-refractivity contribution >= 4 is 28.4 Å². The molecule has 0 saturated heterocycles. The van der Waals surface area contributed by atoms with Gasteiger partial charge in [0, 0.05) is 22.8 Å². The fourth-order valence-corrected chi connectivity index (χ4v) is 3.00. The van der Waals surface area contributed by atoms with Crippen molar-refractivity contribution in [2.24, 2.45) is 0 Å². The van der Waals surface area contributed by atoms with Gasteiger partial charge in [0.05, 0.1) is 6.54 Å². The van der Waals surface area contributed by atoms with E-state index >= 15 is 0 Å². The molecule has 2 amide bonds. The first-order valence-corrected chi connectivity index (χ1v) is 9.17. The van der Waals surface area contributed by atoms with Crippen LogP contribution >= 0.6 is 0 Å². The molecule has 2 aromatic carbocycles. The maximum atomic E-state index is 14.1. The van der Waals surface area contributed by atoms with E-state index in [1.54, 1.807) is 31.2 Å². The Kier molecular flexibility index (Phi) is 5.22. The normalized spacial score (nSPS) is 10.8. The third-order valence-corrected chi connectivity index (χ3v) is 4.53. The Bertz CT molecular complexity index is 1360. The molecule has 0 bridgehead atoms. The average Bonchev–Trinajstić information content (AvgIpc) is 3.19. The molecular formula is C20H16FN7O3. The smallest absolute Gasteiger partial charge is 0.257 e. The van der Waals surface area contributed by atoms with Gasteiger partial charge < -0.3 is 15.6 Å². The van der Waals surface area contributed by atoms with Crippen molar-refractivity contribution < 1.29 is 14.0 Å². The number of hydrogen-bond acceptors (Lipinski definition) is 6. The second-order valence-electron chi connectivity index (χ2n) is 6.61. The summed E-state index contributed by atoms with van der Waals surface area (Å²) in [5.74, 6) is -1.45. The first-order valence-electron chi connectivity index (χ1n) is 9.17. The van der Waals surface area contributed by atoms with Gasteiger partial charge in [-0.15, -0.1) is 5.10 Å². The Morgan fingerprint density at radius 2 is 2.00 bits per heavy atom. The quantitative estimate of drug-likeness (QED) is 0.445. The zero-order valence-electron chi connectivity index (χ0n) is 16.2. The van der Waals surface area contributed by atoms with Crippen molar-refractivity contribution in [3.05, 3.63) is 76.1 Å². The average molecular weight is 421 g/mol. The lowest BCUT2D eigenvalue weighted by Gasteiger charge is -2.10. The molecule has 0 unspecified atom stereocenters. The molecule has 0 fully saturated rings. The molecule has 0 aliphatic carbocycles. The third kappa shape index (κ3) is 4.01. The van der Waals surface area contributed by atoms with Crippen LogP contribution in [0, 0.1) is 12.7 Å². The van der Waals surface area contributed by atoms with E-state index in [4.69, 9.17) is 0 Å².